The molecule has 0 amide bonds. The molecule has 1 heteroatoms. The number of hydrogen-bond donors (Lipinski definition) is 1. The highest BCUT2D eigenvalue weighted by Crippen LogP contribution is 2.55. The van der Waals surface area contributed by atoms with Crippen molar-refractivity contribution in [1.82, 2.24) is 0 Å². The van der Waals surface area contributed by atoms with Gasteiger partial charge in [0, 0.05) is 5.41 Å². The van der Waals surface area contributed by atoms with E-state index in [2.05, 4.69) is 30.3 Å². The number of aliphatic hydroxyl groups is 1. The zero-order valence-corrected chi connectivity index (χ0v) is 9.02. The van der Waals surface area contributed by atoms with Gasteiger partial charge in [0.1, 0.15) is 0 Å². The normalized spacial score (nSPS) is 25.7. The van der Waals surface area contributed by atoms with E-state index >= 15 is 0 Å². The van der Waals surface area contributed by atoms with Gasteiger partial charge in [-0.2, -0.15) is 0 Å². The number of hydrogen-bond acceptors (Lipinski definition) is 1. The second-order valence-electron chi connectivity index (χ2n) is 5.16. The van der Waals surface area contributed by atoms with Crippen LogP contribution in [0.25, 0.3) is 0 Å². The second-order valence-corrected chi connectivity index (χ2v) is 5.16. The molecule has 1 atom stereocenters. The van der Waals surface area contributed by atoms with E-state index in [1.807, 2.05) is 0 Å². The lowest BCUT2D eigenvalue weighted by Gasteiger charge is -2.35. The van der Waals surface area contributed by atoms with E-state index in [1.165, 1.54) is 37.7 Å². The van der Waals surface area contributed by atoms with Gasteiger partial charge < -0.3 is 5.11 Å². The fourth-order valence-electron chi connectivity index (χ4n) is 2.87. The van der Waals surface area contributed by atoms with Crippen molar-refractivity contribution >= 4 is 0 Å². The lowest BCUT2D eigenvalue weighted by Crippen LogP contribution is -2.37. The topological polar surface area (TPSA) is 20.2 Å². The van der Waals surface area contributed by atoms with E-state index in [0.29, 0.717) is 5.92 Å². The van der Waals surface area contributed by atoms with E-state index in [-0.39, 0.29) is 11.5 Å². The molecule has 0 saturated heterocycles. The maximum atomic E-state index is 10.4. The molecule has 2 aliphatic rings. The Balaban J connectivity index is 1.84. The minimum atomic E-state index is -0.0892. The van der Waals surface area contributed by atoms with E-state index in [4.69, 9.17) is 0 Å². The summed E-state index contributed by atoms with van der Waals surface area (Å²) < 4.78 is 0. The van der Waals surface area contributed by atoms with Gasteiger partial charge in [0.25, 0.3) is 0 Å². The fourth-order valence-corrected chi connectivity index (χ4v) is 2.87. The van der Waals surface area contributed by atoms with Crippen LogP contribution in [0.5, 0.6) is 0 Å². The molecule has 0 aliphatic heterocycles. The first-order valence-electron chi connectivity index (χ1n) is 6.06. The highest BCUT2D eigenvalue weighted by molar-refractivity contribution is 5.33. The maximum Gasteiger partial charge on any atom is 0.0664 e. The van der Waals surface area contributed by atoms with Crippen molar-refractivity contribution in [3.05, 3.63) is 35.9 Å². The molecule has 0 spiro atoms. The van der Waals surface area contributed by atoms with Crippen molar-refractivity contribution in [2.45, 2.75) is 43.6 Å². The summed E-state index contributed by atoms with van der Waals surface area (Å²) in [7, 11) is 0. The Morgan fingerprint density at radius 3 is 2.27 bits per heavy atom. The highest BCUT2D eigenvalue weighted by atomic mass is 16.3. The average Bonchev–Trinajstić information content (AvgIpc) is 2.97. The molecule has 0 aromatic heterocycles. The fraction of sp³-hybridized carbons (Fsp3) is 0.571. The van der Waals surface area contributed by atoms with Crippen LogP contribution < -0.4 is 0 Å². The van der Waals surface area contributed by atoms with Crippen LogP contribution in [-0.4, -0.2) is 11.2 Å². The molecule has 1 aromatic rings. The van der Waals surface area contributed by atoms with Crippen molar-refractivity contribution < 1.29 is 5.11 Å². The van der Waals surface area contributed by atoms with Gasteiger partial charge >= 0.3 is 0 Å². The van der Waals surface area contributed by atoms with Crippen LogP contribution in [0.4, 0.5) is 0 Å². The summed E-state index contributed by atoms with van der Waals surface area (Å²) in [5.41, 5.74) is 1.48. The minimum Gasteiger partial charge on any atom is -0.392 e. The standard InChI is InChI=1S/C14H18O/c15-13(11-5-4-6-11)14(9-10-14)12-7-2-1-3-8-12/h1-3,7-8,11,13,15H,4-6,9-10H2. The molecular weight excluding hydrogens is 184 g/mol. The quantitative estimate of drug-likeness (QED) is 0.799. The van der Waals surface area contributed by atoms with Gasteiger partial charge in [0.15, 0.2) is 0 Å². The van der Waals surface area contributed by atoms with E-state index in [1.54, 1.807) is 0 Å². The van der Waals surface area contributed by atoms with Crippen molar-refractivity contribution in [3.63, 3.8) is 0 Å². The summed E-state index contributed by atoms with van der Waals surface area (Å²) >= 11 is 0. The number of aliphatic hydroxyl groups excluding tert-OH is 1. The molecule has 0 radical (unpaired) electrons. The number of rotatable bonds is 3. The summed E-state index contributed by atoms with van der Waals surface area (Å²) in [6.07, 6.45) is 6.04. The summed E-state index contributed by atoms with van der Waals surface area (Å²) in [5, 5.41) is 10.4. The lowest BCUT2D eigenvalue weighted by molar-refractivity contribution is 0.0310. The van der Waals surface area contributed by atoms with Gasteiger partial charge in [-0.05, 0) is 37.2 Å². The monoisotopic (exact) mass is 202 g/mol. The van der Waals surface area contributed by atoms with Gasteiger partial charge in [-0.25, -0.2) is 0 Å². The molecule has 1 aromatic carbocycles. The molecule has 3 rings (SSSR count). The molecular formula is C14H18O. The Kier molecular flexibility index (Phi) is 2.10. The molecule has 0 bridgehead atoms. The predicted octanol–water partition coefficient (Wildman–Crippen LogP) is 2.88. The third kappa shape index (κ3) is 1.41. The van der Waals surface area contributed by atoms with Crippen LogP contribution in [0.2, 0.25) is 0 Å². The maximum absolute atomic E-state index is 10.4. The van der Waals surface area contributed by atoms with Gasteiger partial charge in [-0.1, -0.05) is 36.8 Å². The van der Waals surface area contributed by atoms with Crippen LogP contribution in [-0.2, 0) is 5.41 Å². The Morgan fingerprint density at radius 1 is 1.13 bits per heavy atom. The Morgan fingerprint density at radius 2 is 1.80 bits per heavy atom. The molecule has 2 aliphatic carbocycles. The molecule has 0 heterocycles. The first kappa shape index (κ1) is 9.41. The molecule has 2 saturated carbocycles. The van der Waals surface area contributed by atoms with Crippen LogP contribution in [0.1, 0.15) is 37.7 Å². The number of benzene rings is 1. The lowest BCUT2D eigenvalue weighted by atomic mass is 9.73. The van der Waals surface area contributed by atoms with Crippen LogP contribution in [0.3, 0.4) is 0 Å². The third-order valence-corrected chi connectivity index (χ3v) is 4.30. The van der Waals surface area contributed by atoms with E-state index in [9.17, 15) is 5.11 Å². The second kappa shape index (κ2) is 3.34. The van der Waals surface area contributed by atoms with Crippen LogP contribution >= 0.6 is 0 Å². The molecule has 2 fully saturated rings. The van der Waals surface area contributed by atoms with Crippen molar-refractivity contribution in [3.8, 4) is 0 Å². The molecule has 15 heavy (non-hydrogen) atoms. The van der Waals surface area contributed by atoms with Gasteiger partial charge in [0.2, 0.25) is 0 Å². The smallest absolute Gasteiger partial charge is 0.0664 e. The van der Waals surface area contributed by atoms with E-state index < -0.39 is 0 Å². The first-order chi connectivity index (χ1) is 7.33. The molecule has 1 N–H and O–H groups in total. The summed E-state index contributed by atoms with van der Waals surface area (Å²) in [6.45, 7) is 0. The van der Waals surface area contributed by atoms with Crippen molar-refractivity contribution in [2.75, 3.05) is 0 Å². The largest absolute Gasteiger partial charge is 0.392 e. The summed E-state index contributed by atoms with van der Waals surface area (Å²) in [6, 6.07) is 10.6. The molecule has 80 valence electrons. The summed E-state index contributed by atoms with van der Waals surface area (Å²) in [4.78, 5) is 0. The van der Waals surface area contributed by atoms with Crippen LogP contribution in [0.15, 0.2) is 30.3 Å². The minimum absolute atomic E-state index is 0.0892. The Labute approximate surface area is 91.1 Å². The third-order valence-electron chi connectivity index (χ3n) is 4.30. The van der Waals surface area contributed by atoms with Gasteiger partial charge in [-0.3, -0.25) is 0 Å². The van der Waals surface area contributed by atoms with Gasteiger partial charge in [0.05, 0.1) is 6.10 Å². The Bertz CT molecular complexity index is 336. The highest BCUT2D eigenvalue weighted by Gasteiger charge is 2.53. The van der Waals surface area contributed by atoms with Crippen LogP contribution in [0, 0.1) is 5.92 Å². The first-order valence-corrected chi connectivity index (χ1v) is 6.06. The zero-order valence-electron chi connectivity index (χ0n) is 9.02. The SMILES string of the molecule is OC(C1CCC1)C1(c2ccccc2)CC1. The molecule has 1 nitrogen and oxygen atoms in total. The van der Waals surface area contributed by atoms with Crippen molar-refractivity contribution in [1.29, 1.82) is 0 Å². The summed E-state index contributed by atoms with van der Waals surface area (Å²) in [5.74, 6) is 0.577. The Hall–Kier alpha value is -0.820. The van der Waals surface area contributed by atoms with Crippen molar-refractivity contribution in [2.24, 2.45) is 5.92 Å². The average molecular weight is 202 g/mol. The zero-order chi connectivity index (χ0) is 10.3. The molecule has 1 unspecified atom stereocenters. The van der Waals surface area contributed by atoms with Gasteiger partial charge in [-0.15, -0.1) is 0 Å². The predicted molar refractivity (Wildman–Crippen MR) is 60.7 cm³/mol. The van der Waals surface area contributed by atoms with E-state index in [0.717, 1.165) is 0 Å².